The lowest BCUT2D eigenvalue weighted by atomic mass is 10.1. The van der Waals surface area contributed by atoms with Crippen LogP contribution in [0.4, 0.5) is 4.79 Å². The number of rotatable bonds is 6. The number of hydrogen-bond donors (Lipinski definition) is 2. The highest BCUT2D eigenvalue weighted by Gasteiger charge is 2.07. The summed E-state index contributed by atoms with van der Waals surface area (Å²) in [5, 5.41) is 6.20. The molecule has 0 aromatic heterocycles. The lowest BCUT2D eigenvalue weighted by molar-refractivity contribution is 0.238. The minimum Gasteiger partial charge on any atom is -0.337 e. The van der Waals surface area contributed by atoms with E-state index >= 15 is 0 Å². The van der Waals surface area contributed by atoms with Crippen molar-refractivity contribution in [1.29, 1.82) is 0 Å². The van der Waals surface area contributed by atoms with Crippen LogP contribution in [0.25, 0.3) is 0 Å². The molecule has 4 nitrogen and oxygen atoms in total. The van der Waals surface area contributed by atoms with Crippen LogP contribution in [0.3, 0.4) is 0 Å². The van der Waals surface area contributed by atoms with Crippen molar-refractivity contribution in [3.8, 4) is 0 Å². The van der Waals surface area contributed by atoms with Gasteiger partial charge in [0.2, 0.25) is 0 Å². The van der Waals surface area contributed by atoms with E-state index in [9.17, 15) is 9.00 Å². The van der Waals surface area contributed by atoms with E-state index in [2.05, 4.69) is 10.6 Å². The molecule has 0 aliphatic rings. The van der Waals surface area contributed by atoms with Gasteiger partial charge in [0.05, 0.1) is 0 Å². The molecule has 0 aliphatic heterocycles. The maximum atomic E-state index is 11.5. The van der Waals surface area contributed by atoms with Gasteiger partial charge in [0.1, 0.15) is 0 Å². The van der Waals surface area contributed by atoms with E-state index in [1.54, 1.807) is 6.26 Å². The largest absolute Gasteiger partial charge is 0.337 e. The Labute approximate surface area is 121 Å². The van der Waals surface area contributed by atoms with Crippen molar-refractivity contribution >= 4 is 28.4 Å². The molecule has 1 aromatic carbocycles. The molecule has 0 saturated heterocycles. The number of carbonyl (C=O) groups is 1. The van der Waals surface area contributed by atoms with Gasteiger partial charge < -0.3 is 10.6 Å². The molecule has 0 radical (unpaired) electrons. The van der Waals surface area contributed by atoms with Crippen molar-refractivity contribution in [1.82, 2.24) is 10.6 Å². The van der Waals surface area contributed by atoms with Gasteiger partial charge in [-0.2, -0.15) is 0 Å². The molecule has 0 aliphatic carbocycles. The average Bonchev–Trinajstić information content (AvgIpc) is 2.27. The molecule has 106 valence electrons. The number of hydrogen-bond acceptors (Lipinski definition) is 2. The van der Waals surface area contributed by atoms with Gasteiger partial charge in [-0.05, 0) is 31.0 Å². The minimum atomic E-state index is -0.886. The summed E-state index contributed by atoms with van der Waals surface area (Å²) >= 11 is 5.90. The summed E-state index contributed by atoms with van der Waals surface area (Å²) in [6, 6.07) is 7.34. The van der Waals surface area contributed by atoms with Crippen molar-refractivity contribution in [2.45, 2.75) is 19.4 Å². The maximum Gasteiger partial charge on any atom is 0.315 e. The molecule has 2 atom stereocenters. The topological polar surface area (TPSA) is 58.2 Å². The minimum absolute atomic E-state index is 0.00518. The third-order valence-electron chi connectivity index (χ3n) is 2.48. The third kappa shape index (κ3) is 7.18. The summed E-state index contributed by atoms with van der Waals surface area (Å²) in [6.45, 7) is 2.34. The molecule has 1 aromatic rings. The first-order valence-electron chi connectivity index (χ1n) is 6.06. The molecule has 0 spiro atoms. The SMILES string of the molecule is C[C@@H](Cc1cccc(Cl)c1)NC(=O)NCC[S@](C)=O. The fourth-order valence-corrected chi connectivity index (χ4v) is 2.25. The summed E-state index contributed by atoms with van der Waals surface area (Å²) in [4.78, 5) is 11.5. The van der Waals surface area contributed by atoms with Crippen molar-refractivity contribution in [3.05, 3.63) is 34.9 Å². The van der Waals surface area contributed by atoms with Crippen LogP contribution in [0.15, 0.2) is 24.3 Å². The van der Waals surface area contributed by atoms with Crippen molar-refractivity contribution < 1.29 is 9.00 Å². The molecular weight excluding hydrogens is 284 g/mol. The van der Waals surface area contributed by atoms with Crippen molar-refractivity contribution in [2.75, 3.05) is 18.6 Å². The van der Waals surface area contributed by atoms with Gasteiger partial charge in [-0.1, -0.05) is 23.7 Å². The first kappa shape index (κ1) is 16.0. The normalized spacial score (nSPS) is 13.6. The van der Waals surface area contributed by atoms with Crippen molar-refractivity contribution in [3.63, 3.8) is 0 Å². The van der Waals surface area contributed by atoms with Gasteiger partial charge in [0.25, 0.3) is 0 Å². The van der Waals surface area contributed by atoms with E-state index < -0.39 is 10.8 Å². The molecule has 19 heavy (non-hydrogen) atoms. The highest BCUT2D eigenvalue weighted by atomic mass is 35.5. The second-order valence-corrected chi connectivity index (χ2v) is 6.40. The van der Waals surface area contributed by atoms with Gasteiger partial charge in [-0.3, -0.25) is 4.21 Å². The van der Waals surface area contributed by atoms with E-state index in [0.29, 0.717) is 23.7 Å². The molecular formula is C13H19ClN2O2S. The van der Waals surface area contributed by atoms with Crippen LogP contribution >= 0.6 is 11.6 Å². The Morgan fingerprint density at radius 1 is 1.47 bits per heavy atom. The summed E-state index contributed by atoms with van der Waals surface area (Å²) in [5.74, 6) is 0.468. The van der Waals surface area contributed by atoms with Gasteiger partial charge in [0, 0.05) is 40.4 Å². The first-order valence-corrected chi connectivity index (χ1v) is 8.16. The Morgan fingerprint density at radius 2 is 2.21 bits per heavy atom. The first-order chi connectivity index (χ1) is 8.97. The van der Waals surface area contributed by atoms with E-state index in [1.165, 1.54) is 0 Å². The zero-order valence-electron chi connectivity index (χ0n) is 11.1. The van der Waals surface area contributed by atoms with Gasteiger partial charge >= 0.3 is 6.03 Å². The van der Waals surface area contributed by atoms with E-state index in [-0.39, 0.29) is 12.1 Å². The maximum absolute atomic E-state index is 11.5. The Bertz CT molecular complexity index is 454. The van der Waals surface area contributed by atoms with Crippen LogP contribution in [0.2, 0.25) is 5.02 Å². The number of benzene rings is 1. The monoisotopic (exact) mass is 302 g/mol. The molecule has 2 N–H and O–H groups in total. The Kier molecular flexibility index (Phi) is 6.87. The molecule has 0 heterocycles. The highest BCUT2D eigenvalue weighted by molar-refractivity contribution is 7.84. The van der Waals surface area contributed by atoms with Crippen LogP contribution in [0, 0.1) is 0 Å². The van der Waals surface area contributed by atoms with Crippen LogP contribution in [0.1, 0.15) is 12.5 Å². The molecule has 2 amide bonds. The molecule has 6 heteroatoms. The van der Waals surface area contributed by atoms with Gasteiger partial charge in [-0.25, -0.2) is 4.79 Å². The fourth-order valence-electron chi connectivity index (χ4n) is 1.65. The van der Waals surface area contributed by atoms with E-state index in [0.717, 1.165) is 5.56 Å². The van der Waals surface area contributed by atoms with E-state index in [1.807, 2.05) is 31.2 Å². The second-order valence-electron chi connectivity index (χ2n) is 4.41. The molecule has 0 bridgehead atoms. The molecule has 0 saturated carbocycles. The summed E-state index contributed by atoms with van der Waals surface area (Å²) in [6.07, 6.45) is 2.33. The third-order valence-corrected chi connectivity index (χ3v) is 3.50. The lowest BCUT2D eigenvalue weighted by Gasteiger charge is -2.14. The van der Waals surface area contributed by atoms with E-state index in [4.69, 9.17) is 11.6 Å². The number of urea groups is 1. The smallest absolute Gasteiger partial charge is 0.315 e. The standard InChI is InChI=1S/C13H19ClN2O2S/c1-10(8-11-4-3-5-12(14)9-11)16-13(17)15-6-7-19(2)18/h3-5,9-10H,6-8H2,1-2H3,(H2,15,16,17)/t10-,19-/m0/s1. The molecule has 1 rings (SSSR count). The van der Waals surface area contributed by atoms with Crippen LogP contribution < -0.4 is 10.6 Å². The summed E-state index contributed by atoms with van der Waals surface area (Å²) in [7, 11) is -0.886. The lowest BCUT2D eigenvalue weighted by Crippen LogP contribution is -2.42. The predicted molar refractivity (Wildman–Crippen MR) is 80.1 cm³/mol. The molecule has 0 unspecified atom stereocenters. The number of carbonyl (C=O) groups excluding carboxylic acids is 1. The number of halogens is 1. The zero-order valence-corrected chi connectivity index (χ0v) is 12.7. The summed E-state index contributed by atoms with van der Waals surface area (Å²) < 4.78 is 10.8. The Hall–Kier alpha value is -1.07. The Morgan fingerprint density at radius 3 is 2.84 bits per heavy atom. The number of amides is 2. The van der Waals surface area contributed by atoms with Crippen molar-refractivity contribution in [2.24, 2.45) is 0 Å². The molecule has 0 fully saturated rings. The van der Waals surface area contributed by atoms with Gasteiger partial charge in [0.15, 0.2) is 0 Å². The predicted octanol–water partition coefficient (Wildman–Crippen LogP) is 1.95. The second kappa shape index (κ2) is 8.17. The fraction of sp³-hybridized carbons (Fsp3) is 0.462. The Balaban J connectivity index is 2.32. The van der Waals surface area contributed by atoms with Crippen LogP contribution in [-0.4, -0.2) is 34.8 Å². The quantitative estimate of drug-likeness (QED) is 0.844. The van der Waals surface area contributed by atoms with Gasteiger partial charge in [-0.15, -0.1) is 0 Å². The highest BCUT2D eigenvalue weighted by Crippen LogP contribution is 2.12. The summed E-state index contributed by atoms with van der Waals surface area (Å²) in [5.41, 5.74) is 1.08. The zero-order chi connectivity index (χ0) is 14.3. The van der Waals surface area contributed by atoms with Crippen LogP contribution in [0.5, 0.6) is 0 Å². The van der Waals surface area contributed by atoms with Crippen LogP contribution in [-0.2, 0) is 17.2 Å². The number of nitrogens with one attached hydrogen (secondary N) is 2. The average molecular weight is 303 g/mol.